The second-order valence-electron chi connectivity index (χ2n) is 5.88. The third-order valence-electron chi connectivity index (χ3n) is 3.31. The van der Waals surface area contributed by atoms with Crippen molar-refractivity contribution in [2.75, 3.05) is 0 Å². The van der Waals surface area contributed by atoms with Gasteiger partial charge in [-0.05, 0) is 50.2 Å². The topological polar surface area (TPSA) is 112 Å². The zero-order valence-electron chi connectivity index (χ0n) is 14.7. The van der Waals surface area contributed by atoms with Crippen LogP contribution in [0.5, 0.6) is 0 Å². The first-order chi connectivity index (χ1) is 12.7. The molecule has 0 saturated heterocycles. The van der Waals surface area contributed by atoms with E-state index >= 15 is 0 Å². The smallest absolute Gasteiger partial charge is 0.262 e. The first kappa shape index (κ1) is 20.9. The van der Waals surface area contributed by atoms with Crippen molar-refractivity contribution in [1.29, 1.82) is 5.26 Å². The molecular weight excluding hydrogens is 434 g/mol. The Kier molecular flexibility index (Phi) is 6.96. The minimum atomic E-state index is -3.68. The molecule has 2 rings (SSSR count). The van der Waals surface area contributed by atoms with Gasteiger partial charge in [-0.1, -0.05) is 15.9 Å². The van der Waals surface area contributed by atoms with Crippen LogP contribution < -0.4 is 10.0 Å². The molecule has 2 N–H and O–H groups in total. The fraction of sp³-hybridized carbons (Fsp3) is 0.222. The zero-order valence-corrected chi connectivity index (χ0v) is 17.1. The van der Waals surface area contributed by atoms with E-state index in [0.717, 1.165) is 4.47 Å². The van der Waals surface area contributed by atoms with E-state index in [4.69, 9.17) is 9.68 Å². The molecule has 1 aromatic carbocycles. The lowest BCUT2D eigenvalue weighted by Gasteiger charge is -2.06. The minimum Gasteiger partial charge on any atom is -0.460 e. The van der Waals surface area contributed by atoms with E-state index in [-0.39, 0.29) is 28.8 Å². The number of carbonyl (C=O) groups excluding carboxylic acids is 1. The predicted molar refractivity (Wildman–Crippen MR) is 104 cm³/mol. The molecule has 7 nitrogen and oxygen atoms in total. The number of halogens is 1. The second kappa shape index (κ2) is 8.99. The number of hydrogen-bond acceptors (Lipinski definition) is 5. The summed E-state index contributed by atoms with van der Waals surface area (Å²) in [5.41, 5.74) is -0.0972. The Hall–Kier alpha value is -2.41. The molecule has 0 aliphatic rings. The molecule has 142 valence electrons. The normalized spacial score (nSPS) is 12.0. The van der Waals surface area contributed by atoms with E-state index in [1.807, 2.05) is 6.07 Å². The number of furan rings is 1. The van der Waals surface area contributed by atoms with Crippen molar-refractivity contribution in [3.05, 3.63) is 58.0 Å². The lowest BCUT2D eigenvalue weighted by atomic mass is 10.2. The molecule has 0 unspecified atom stereocenters. The maximum atomic E-state index is 12.3. The quantitative estimate of drug-likeness (QED) is 0.496. The number of sulfonamides is 1. The number of nitriles is 1. The van der Waals surface area contributed by atoms with Gasteiger partial charge in [-0.15, -0.1) is 0 Å². The molecule has 0 aliphatic heterocycles. The first-order valence-electron chi connectivity index (χ1n) is 7.98. The molecule has 1 amide bonds. The van der Waals surface area contributed by atoms with E-state index in [2.05, 4.69) is 26.0 Å². The zero-order chi connectivity index (χ0) is 20.0. The Morgan fingerprint density at radius 2 is 1.93 bits per heavy atom. The highest BCUT2D eigenvalue weighted by Crippen LogP contribution is 2.16. The number of nitrogens with one attached hydrogen (secondary N) is 2. The summed E-state index contributed by atoms with van der Waals surface area (Å²) in [7, 11) is -3.68. The van der Waals surface area contributed by atoms with Crippen molar-refractivity contribution in [2.45, 2.75) is 31.3 Å². The molecule has 1 aromatic heterocycles. The van der Waals surface area contributed by atoms with Gasteiger partial charge in [0.1, 0.15) is 23.2 Å². The Morgan fingerprint density at radius 1 is 1.26 bits per heavy atom. The van der Waals surface area contributed by atoms with Gasteiger partial charge in [-0.3, -0.25) is 4.79 Å². The van der Waals surface area contributed by atoms with Crippen molar-refractivity contribution < 1.29 is 17.6 Å². The van der Waals surface area contributed by atoms with Crippen LogP contribution in [0.4, 0.5) is 0 Å². The van der Waals surface area contributed by atoms with Crippen LogP contribution in [0.25, 0.3) is 6.08 Å². The van der Waals surface area contributed by atoms with Gasteiger partial charge in [0.2, 0.25) is 10.0 Å². The molecule has 2 aromatic rings. The number of rotatable bonds is 7. The number of hydrogen-bond donors (Lipinski definition) is 2. The summed E-state index contributed by atoms with van der Waals surface area (Å²) in [4.78, 5) is 12.0. The first-order valence-corrected chi connectivity index (χ1v) is 10.3. The molecule has 0 bridgehead atoms. The Labute approximate surface area is 166 Å². The van der Waals surface area contributed by atoms with Crippen LogP contribution in [0.2, 0.25) is 0 Å². The Morgan fingerprint density at radius 3 is 2.52 bits per heavy atom. The second-order valence-corrected chi connectivity index (χ2v) is 8.56. The molecule has 1 heterocycles. The molecule has 27 heavy (non-hydrogen) atoms. The number of amides is 1. The number of nitrogens with zero attached hydrogens (tertiary/aromatic N) is 1. The van der Waals surface area contributed by atoms with Gasteiger partial charge in [0, 0.05) is 16.6 Å². The van der Waals surface area contributed by atoms with E-state index in [0.29, 0.717) is 5.76 Å². The SMILES string of the molecule is CC(C)NC(=O)/C(C#N)=C\c1ccc(CNS(=O)(=O)c2ccc(Br)cc2)o1. The highest BCUT2D eigenvalue weighted by atomic mass is 79.9. The summed E-state index contributed by atoms with van der Waals surface area (Å²) in [6, 6.07) is 11.1. The standard InChI is InChI=1S/C18H18BrN3O4S/c1-12(2)22-18(23)13(10-20)9-15-5-6-16(26-15)11-21-27(24,25)17-7-3-14(19)4-8-17/h3-9,12,21H,11H2,1-2H3,(H,22,23)/b13-9-. The van der Waals surface area contributed by atoms with Crippen LogP contribution in [0, 0.1) is 11.3 Å². The largest absolute Gasteiger partial charge is 0.460 e. The van der Waals surface area contributed by atoms with E-state index in [1.165, 1.54) is 18.2 Å². The van der Waals surface area contributed by atoms with E-state index < -0.39 is 15.9 Å². The van der Waals surface area contributed by atoms with E-state index in [9.17, 15) is 13.2 Å². The molecule has 0 atom stereocenters. The van der Waals surface area contributed by atoms with Gasteiger partial charge >= 0.3 is 0 Å². The van der Waals surface area contributed by atoms with Crippen molar-refractivity contribution in [1.82, 2.24) is 10.0 Å². The summed E-state index contributed by atoms with van der Waals surface area (Å²) in [5.74, 6) is 0.133. The fourth-order valence-corrected chi connectivity index (χ4v) is 3.32. The maximum Gasteiger partial charge on any atom is 0.262 e. The van der Waals surface area contributed by atoms with Crippen molar-refractivity contribution in [3.63, 3.8) is 0 Å². The van der Waals surface area contributed by atoms with Gasteiger partial charge in [-0.25, -0.2) is 13.1 Å². The number of benzene rings is 1. The van der Waals surface area contributed by atoms with Crippen LogP contribution in [0.3, 0.4) is 0 Å². The minimum absolute atomic E-state index is 0.0632. The molecule has 0 spiro atoms. The van der Waals surface area contributed by atoms with Crippen LogP contribution in [-0.4, -0.2) is 20.4 Å². The highest BCUT2D eigenvalue weighted by Gasteiger charge is 2.15. The maximum absolute atomic E-state index is 12.3. The highest BCUT2D eigenvalue weighted by molar-refractivity contribution is 9.10. The van der Waals surface area contributed by atoms with Gasteiger partial charge in [0.25, 0.3) is 5.91 Å². The van der Waals surface area contributed by atoms with E-state index in [1.54, 1.807) is 38.1 Å². The average Bonchev–Trinajstić information content (AvgIpc) is 3.05. The van der Waals surface area contributed by atoms with Gasteiger partial charge in [0.15, 0.2) is 0 Å². The molecule has 0 fully saturated rings. The Balaban J connectivity index is 2.07. The lowest BCUT2D eigenvalue weighted by molar-refractivity contribution is -0.117. The lowest BCUT2D eigenvalue weighted by Crippen LogP contribution is -2.30. The van der Waals surface area contributed by atoms with Crippen LogP contribution >= 0.6 is 15.9 Å². The summed E-state index contributed by atoms with van der Waals surface area (Å²) < 4.78 is 33.2. The van der Waals surface area contributed by atoms with Crippen molar-refractivity contribution in [3.8, 4) is 6.07 Å². The van der Waals surface area contributed by atoms with Gasteiger partial charge < -0.3 is 9.73 Å². The summed E-state index contributed by atoms with van der Waals surface area (Å²) in [5, 5.41) is 11.7. The Bertz CT molecular complexity index is 986. The summed E-state index contributed by atoms with van der Waals surface area (Å²) in [6.45, 7) is 3.51. The molecular formula is C18H18BrN3O4S. The molecule has 0 radical (unpaired) electrons. The summed E-state index contributed by atoms with van der Waals surface area (Å²) in [6.07, 6.45) is 1.31. The van der Waals surface area contributed by atoms with Gasteiger partial charge in [0.05, 0.1) is 11.4 Å². The van der Waals surface area contributed by atoms with Crippen LogP contribution in [0.15, 0.2) is 55.8 Å². The molecule has 0 saturated carbocycles. The van der Waals surface area contributed by atoms with Crippen LogP contribution in [0.1, 0.15) is 25.4 Å². The third-order valence-corrected chi connectivity index (χ3v) is 5.26. The molecule has 9 heteroatoms. The van der Waals surface area contributed by atoms with Crippen molar-refractivity contribution >= 4 is 37.9 Å². The fourth-order valence-electron chi connectivity index (χ4n) is 2.06. The average molecular weight is 452 g/mol. The third kappa shape index (κ3) is 6.06. The predicted octanol–water partition coefficient (Wildman–Crippen LogP) is 2.95. The van der Waals surface area contributed by atoms with Gasteiger partial charge in [-0.2, -0.15) is 5.26 Å². The molecule has 0 aliphatic carbocycles. The monoisotopic (exact) mass is 451 g/mol. The summed E-state index contributed by atoms with van der Waals surface area (Å²) >= 11 is 3.25. The van der Waals surface area contributed by atoms with Crippen LogP contribution in [-0.2, 0) is 21.4 Å². The number of carbonyl (C=O) groups is 1. The van der Waals surface area contributed by atoms with Crippen molar-refractivity contribution in [2.24, 2.45) is 0 Å².